The Balaban J connectivity index is 1.92. The van der Waals surface area contributed by atoms with Crippen LogP contribution in [0, 0.1) is 5.82 Å². The van der Waals surface area contributed by atoms with E-state index >= 15 is 0 Å². The zero-order chi connectivity index (χ0) is 24.9. The number of aliphatic hydroxyl groups excluding tert-OH is 1. The molecule has 0 aliphatic carbocycles. The lowest BCUT2D eigenvalue weighted by Crippen LogP contribution is -2.03. The van der Waals surface area contributed by atoms with Crippen molar-refractivity contribution < 1.29 is 19.4 Å². The van der Waals surface area contributed by atoms with Crippen molar-refractivity contribution in [3.05, 3.63) is 106 Å². The molecule has 0 radical (unpaired) electrons. The Labute approximate surface area is 207 Å². The van der Waals surface area contributed by atoms with E-state index in [1.54, 1.807) is 16.9 Å². The van der Waals surface area contributed by atoms with Gasteiger partial charge in [0.15, 0.2) is 0 Å². The minimum atomic E-state index is -1.01. The van der Waals surface area contributed by atoms with Gasteiger partial charge < -0.3 is 10.2 Å². The van der Waals surface area contributed by atoms with E-state index in [1.807, 2.05) is 49.4 Å². The molecule has 178 valence electrons. The predicted octanol–water partition coefficient (Wildman–Crippen LogP) is 6.29. The second kappa shape index (κ2) is 10.7. The number of nitrogens with zero attached hydrogens (tertiary/aromatic N) is 2. The van der Waals surface area contributed by atoms with Gasteiger partial charge in [-0.1, -0.05) is 54.9 Å². The quantitative estimate of drug-likeness (QED) is 0.225. The summed E-state index contributed by atoms with van der Waals surface area (Å²) in [5, 5.41) is 23.9. The van der Waals surface area contributed by atoms with E-state index in [9.17, 15) is 14.3 Å². The number of hydrogen-bond acceptors (Lipinski definition) is 3. The third-order valence-corrected chi connectivity index (χ3v) is 6.08. The molecular weight excluding hydrogens is 467 g/mol. The Morgan fingerprint density at radius 2 is 1.83 bits per heavy atom. The van der Waals surface area contributed by atoms with Crippen molar-refractivity contribution in [2.75, 3.05) is 6.61 Å². The monoisotopic (exact) mass is 490 g/mol. The van der Waals surface area contributed by atoms with Crippen LogP contribution in [-0.4, -0.2) is 32.6 Å². The lowest BCUT2D eigenvalue weighted by atomic mass is 9.87. The summed E-state index contributed by atoms with van der Waals surface area (Å²) in [5.41, 5.74) is 6.15. The summed E-state index contributed by atoms with van der Waals surface area (Å²) in [6.45, 7) is 2.43. The van der Waals surface area contributed by atoms with Gasteiger partial charge in [0.2, 0.25) is 0 Å². The topological polar surface area (TPSA) is 75.3 Å². The second-order valence-corrected chi connectivity index (χ2v) is 8.40. The fourth-order valence-corrected chi connectivity index (χ4v) is 4.48. The number of hydrogen-bond donors (Lipinski definition) is 2. The normalized spacial score (nSPS) is 12.3. The fourth-order valence-electron chi connectivity index (χ4n) is 4.20. The van der Waals surface area contributed by atoms with E-state index in [2.05, 4.69) is 5.10 Å². The minimum absolute atomic E-state index is 0.00456. The van der Waals surface area contributed by atoms with Gasteiger partial charge in [-0.15, -0.1) is 0 Å². The van der Waals surface area contributed by atoms with Crippen LogP contribution in [0.1, 0.15) is 35.6 Å². The second-order valence-electron chi connectivity index (χ2n) is 7.99. The van der Waals surface area contributed by atoms with Crippen LogP contribution >= 0.6 is 11.6 Å². The van der Waals surface area contributed by atoms with Gasteiger partial charge in [-0.05, 0) is 70.2 Å². The smallest absolute Gasteiger partial charge is 0.328 e. The molecule has 0 spiro atoms. The van der Waals surface area contributed by atoms with Crippen LogP contribution in [0.25, 0.3) is 28.1 Å². The van der Waals surface area contributed by atoms with Crippen molar-refractivity contribution in [3.63, 3.8) is 0 Å². The van der Waals surface area contributed by atoms with Gasteiger partial charge in [0.25, 0.3) is 0 Å². The number of halogens is 2. The van der Waals surface area contributed by atoms with Gasteiger partial charge in [-0.2, -0.15) is 5.10 Å². The molecular formula is C28H24ClFN2O3. The molecule has 0 aliphatic rings. The average Bonchev–Trinajstić information content (AvgIpc) is 3.24. The molecule has 0 saturated carbocycles. The third kappa shape index (κ3) is 5.34. The maximum atomic E-state index is 13.8. The number of benzene rings is 3. The molecule has 0 aliphatic heterocycles. The lowest BCUT2D eigenvalue weighted by Gasteiger charge is -2.18. The van der Waals surface area contributed by atoms with Gasteiger partial charge in [0, 0.05) is 11.5 Å². The molecule has 4 aromatic rings. The Bertz CT molecular complexity index is 1440. The summed E-state index contributed by atoms with van der Waals surface area (Å²) in [4.78, 5) is 10.9. The maximum absolute atomic E-state index is 13.8. The van der Waals surface area contributed by atoms with Crippen LogP contribution in [0.5, 0.6) is 0 Å². The van der Waals surface area contributed by atoms with Gasteiger partial charge in [-0.25, -0.2) is 9.18 Å². The fraction of sp³-hybridized carbons (Fsp3) is 0.143. The molecule has 4 rings (SSSR count). The molecule has 5 nitrogen and oxygen atoms in total. The van der Waals surface area contributed by atoms with Crippen LogP contribution in [0.4, 0.5) is 4.39 Å². The van der Waals surface area contributed by atoms with Crippen molar-refractivity contribution in [2.24, 2.45) is 0 Å². The summed E-state index contributed by atoms with van der Waals surface area (Å²) >= 11 is 6.48. The maximum Gasteiger partial charge on any atom is 0.328 e. The Morgan fingerprint density at radius 3 is 2.49 bits per heavy atom. The highest BCUT2D eigenvalue weighted by Gasteiger charge is 2.17. The van der Waals surface area contributed by atoms with Crippen molar-refractivity contribution in [3.8, 4) is 0 Å². The number of carboxylic acid groups (broad SMARTS) is 1. The van der Waals surface area contributed by atoms with Gasteiger partial charge in [0.1, 0.15) is 5.82 Å². The van der Waals surface area contributed by atoms with Crippen LogP contribution in [0.2, 0.25) is 5.02 Å². The molecule has 0 atom stereocenters. The molecule has 0 fully saturated rings. The number of carboxylic acids is 1. The number of aliphatic hydroxyl groups is 1. The largest absolute Gasteiger partial charge is 0.478 e. The first kappa shape index (κ1) is 24.4. The first-order valence-corrected chi connectivity index (χ1v) is 11.6. The molecule has 2 N–H and O–H groups in total. The molecule has 3 aromatic carbocycles. The summed E-state index contributed by atoms with van der Waals surface area (Å²) < 4.78 is 15.6. The Morgan fingerprint density at radius 1 is 1.09 bits per heavy atom. The van der Waals surface area contributed by atoms with Crippen LogP contribution in [0.15, 0.2) is 72.9 Å². The summed E-state index contributed by atoms with van der Waals surface area (Å²) in [6, 6.07) is 18.0. The van der Waals surface area contributed by atoms with Crippen LogP contribution in [-0.2, 0) is 11.3 Å². The van der Waals surface area contributed by atoms with Crippen LogP contribution in [0.3, 0.4) is 0 Å². The van der Waals surface area contributed by atoms with Gasteiger partial charge in [0.05, 0.1) is 29.9 Å². The predicted molar refractivity (Wildman–Crippen MR) is 138 cm³/mol. The zero-order valence-corrected chi connectivity index (χ0v) is 19.8. The molecule has 0 amide bonds. The van der Waals surface area contributed by atoms with Crippen molar-refractivity contribution >= 4 is 45.7 Å². The van der Waals surface area contributed by atoms with Crippen LogP contribution < -0.4 is 0 Å². The highest BCUT2D eigenvalue weighted by molar-refractivity contribution is 6.32. The number of fused-ring (bicyclic) bond motifs is 1. The molecule has 0 bridgehead atoms. The Kier molecular flexibility index (Phi) is 7.44. The number of aliphatic carboxylic acids is 1. The number of allylic oxidation sites excluding steroid dienone is 1. The van der Waals surface area contributed by atoms with E-state index in [1.165, 1.54) is 18.2 Å². The van der Waals surface area contributed by atoms with Gasteiger partial charge in [-0.3, -0.25) is 4.68 Å². The standard InChI is InChI=1S/C28H24ClFN2O3/c1-2-23(24-10-9-22(30)16-25(24)29)28(19-6-3-18(4-7-19)5-12-27(34)35)20-8-11-26-21(15-20)17-31-32(26)13-14-33/h3-12,15-17,33H,2,13-14H2,1H3,(H,34,35). The van der Waals surface area contributed by atoms with E-state index < -0.39 is 11.8 Å². The van der Waals surface area contributed by atoms with Crippen molar-refractivity contribution in [2.45, 2.75) is 19.9 Å². The van der Waals surface area contributed by atoms with E-state index in [-0.39, 0.29) is 6.61 Å². The number of aromatic nitrogens is 2. The summed E-state index contributed by atoms with van der Waals surface area (Å²) in [5.74, 6) is -1.41. The van der Waals surface area contributed by atoms with Crippen molar-refractivity contribution in [1.82, 2.24) is 9.78 Å². The molecule has 1 heterocycles. The molecule has 35 heavy (non-hydrogen) atoms. The molecule has 7 heteroatoms. The molecule has 1 aromatic heterocycles. The minimum Gasteiger partial charge on any atom is -0.478 e. The van der Waals surface area contributed by atoms with E-state index in [4.69, 9.17) is 16.7 Å². The lowest BCUT2D eigenvalue weighted by molar-refractivity contribution is -0.131. The van der Waals surface area contributed by atoms with E-state index in [0.29, 0.717) is 18.0 Å². The highest BCUT2D eigenvalue weighted by atomic mass is 35.5. The number of rotatable bonds is 8. The van der Waals surface area contributed by atoms with Gasteiger partial charge >= 0.3 is 5.97 Å². The molecule has 0 unspecified atom stereocenters. The summed E-state index contributed by atoms with van der Waals surface area (Å²) in [7, 11) is 0. The summed E-state index contributed by atoms with van der Waals surface area (Å²) in [6.07, 6.45) is 5.04. The third-order valence-electron chi connectivity index (χ3n) is 5.77. The van der Waals surface area contributed by atoms with E-state index in [0.717, 1.165) is 50.4 Å². The molecule has 0 saturated heterocycles. The highest BCUT2D eigenvalue weighted by Crippen LogP contribution is 2.38. The first-order valence-electron chi connectivity index (χ1n) is 11.2. The average molecular weight is 491 g/mol. The van der Waals surface area contributed by atoms with Crippen molar-refractivity contribution in [1.29, 1.82) is 0 Å². The first-order chi connectivity index (χ1) is 16.9. The number of carbonyl (C=O) groups is 1. The zero-order valence-electron chi connectivity index (χ0n) is 19.1. The Hall–Kier alpha value is -3.74. The SMILES string of the molecule is CCC(=C(c1ccc(C=CC(=O)O)cc1)c1ccc2c(cnn2CCO)c1)c1ccc(F)cc1Cl.